The molecule has 1 aliphatic rings. The summed E-state index contributed by atoms with van der Waals surface area (Å²) in [7, 11) is 0. The van der Waals surface area contributed by atoms with Crippen molar-refractivity contribution in [3.63, 3.8) is 0 Å². The van der Waals surface area contributed by atoms with Crippen LogP contribution < -0.4 is 5.32 Å². The number of carboxylic acids is 1. The van der Waals surface area contributed by atoms with Crippen LogP contribution in [-0.4, -0.2) is 34.8 Å². The molecule has 174 valence electrons. The second kappa shape index (κ2) is 9.81. The van der Waals surface area contributed by atoms with Gasteiger partial charge in [0.15, 0.2) is 0 Å². The summed E-state index contributed by atoms with van der Waals surface area (Å²) in [5, 5.41) is 12.2. The number of carboxylic acid groups (broad SMARTS) is 1. The number of benzene rings is 3. The number of nitrogens with zero attached hydrogens (tertiary/aromatic N) is 1. The van der Waals surface area contributed by atoms with Gasteiger partial charge in [0.1, 0.15) is 12.6 Å². The number of hydrogen-bond acceptors (Lipinski definition) is 4. The Hall–Kier alpha value is -4.45. The van der Waals surface area contributed by atoms with Crippen LogP contribution in [0.3, 0.4) is 0 Å². The number of hydrogen-bond donors (Lipinski definition) is 2. The molecule has 1 amide bonds. The number of pyridine rings is 1. The van der Waals surface area contributed by atoms with Crippen LogP contribution in [0.1, 0.15) is 22.6 Å². The van der Waals surface area contributed by atoms with E-state index in [1.807, 2.05) is 72.8 Å². The molecule has 0 spiro atoms. The van der Waals surface area contributed by atoms with Gasteiger partial charge in [-0.1, -0.05) is 78.9 Å². The third kappa shape index (κ3) is 4.77. The van der Waals surface area contributed by atoms with E-state index < -0.39 is 18.1 Å². The van der Waals surface area contributed by atoms with Crippen molar-refractivity contribution in [2.45, 2.75) is 18.4 Å². The number of ether oxygens (including phenoxy) is 1. The van der Waals surface area contributed by atoms with E-state index in [2.05, 4.69) is 22.4 Å². The van der Waals surface area contributed by atoms with Crippen molar-refractivity contribution in [2.24, 2.45) is 0 Å². The van der Waals surface area contributed by atoms with E-state index in [0.717, 1.165) is 38.9 Å². The molecule has 1 atom stereocenters. The topological polar surface area (TPSA) is 88.5 Å². The third-order valence-electron chi connectivity index (χ3n) is 6.32. The summed E-state index contributed by atoms with van der Waals surface area (Å²) in [6, 6.07) is 26.4. The molecule has 0 aliphatic heterocycles. The first-order valence-electron chi connectivity index (χ1n) is 11.4. The van der Waals surface area contributed by atoms with Gasteiger partial charge >= 0.3 is 12.1 Å². The van der Waals surface area contributed by atoms with Gasteiger partial charge in [0.25, 0.3) is 0 Å². The highest BCUT2D eigenvalue weighted by Crippen LogP contribution is 2.44. The summed E-state index contributed by atoms with van der Waals surface area (Å²) in [6.07, 6.45) is 2.89. The number of carbonyl (C=O) groups is 2. The molecule has 0 radical (unpaired) electrons. The zero-order valence-electron chi connectivity index (χ0n) is 18.9. The van der Waals surface area contributed by atoms with Crippen LogP contribution >= 0.6 is 0 Å². The van der Waals surface area contributed by atoms with Crippen molar-refractivity contribution in [1.82, 2.24) is 10.3 Å². The van der Waals surface area contributed by atoms with Gasteiger partial charge in [-0.15, -0.1) is 0 Å². The number of nitrogens with one attached hydrogen (secondary N) is 1. The Bertz CT molecular complexity index is 1310. The summed E-state index contributed by atoms with van der Waals surface area (Å²) in [5.74, 6) is -1.20. The zero-order chi connectivity index (χ0) is 24.2. The summed E-state index contributed by atoms with van der Waals surface area (Å²) in [6.45, 7) is 0.131. The second-order valence-corrected chi connectivity index (χ2v) is 8.50. The van der Waals surface area contributed by atoms with Crippen molar-refractivity contribution in [3.05, 3.63) is 114 Å². The lowest BCUT2D eigenvalue weighted by Crippen LogP contribution is -2.42. The molecule has 35 heavy (non-hydrogen) atoms. The van der Waals surface area contributed by atoms with Gasteiger partial charge in [-0.2, -0.15) is 0 Å². The van der Waals surface area contributed by atoms with Crippen molar-refractivity contribution in [1.29, 1.82) is 0 Å². The lowest BCUT2D eigenvalue weighted by Gasteiger charge is -2.17. The molecule has 0 saturated heterocycles. The Morgan fingerprint density at radius 3 is 2.11 bits per heavy atom. The first kappa shape index (κ1) is 22.3. The van der Waals surface area contributed by atoms with Crippen LogP contribution in [0.25, 0.3) is 22.3 Å². The molecule has 5 rings (SSSR count). The molecule has 0 bridgehead atoms. The van der Waals surface area contributed by atoms with Gasteiger partial charge < -0.3 is 15.2 Å². The largest absolute Gasteiger partial charge is 0.480 e. The van der Waals surface area contributed by atoms with Crippen LogP contribution in [0, 0.1) is 0 Å². The molecule has 3 aromatic carbocycles. The van der Waals surface area contributed by atoms with Gasteiger partial charge in [0.2, 0.25) is 0 Å². The maximum absolute atomic E-state index is 12.6. The minimum atomic E-state index is -1.12. The molecule has 1 heterocycles. The number of aliphatic carboxylic acids is 1. The fourth-order valence-electron chi connectivity index (χ4n) is 4.58. The molecule has 1 aromatic heterocycles. The maximum atomic E-state index is 12.6. The molecule has 6 heteroatoms. The fraction of sp³-hybridized carbons (Fsp3) is 0.138. The standard InChI is InChI=1S/C29H24N2O4/c32-28(33)27(16-19-11-13-20(14-12-19)21-6-5-15-30-17-21)31-29(34)35-18-26-24-9-3-1-7-22(24)23-8-2-4-10-25(23)26/h1-15,17,26-27H,16,18H2,(H,31,34)(H,32,33). The average molecular weight is 465 g/mol. The van der Waals surface area contributed by atoms with E-state index >= 15 is 0 Å². The lowest BCUT2D eigenvalue weighted by molar-refractivity contribution is -0.139. The van der Waals surface area contributed by atoms with E-state index in [0.29, 0.717) is 0 Å². The summed E-state index contributed by atoms with van der Waals surface area (Å²) < 4.78 is 5.51. The van der Waals surface area contributed by atoms with E-state index in [4.69, 9.17) is 4.74 Å². The SMILES string of the molecule is O=C(NC(Cc1ccc(-c2cccnc2)cc1)C(=O)O)OCC1c2ccccc2-c2ccccc21. The molecule has 1 unspecified atom stereocenters. The molecule has 2 N–H and O–H groups in total. The van der Waals surface area contributed by atoms with Crippen LogP contribution in [0.4, 0.5) is 4.79 Å². The van der Waals surface area contributed by atoms with Crippen LogP contribution in [0.15, 0.2) is 97.3 Å². The zero-order valence-corrected chi connectivity index (χ0v) is 18.9. The minimum Gasteiger partial charge on any atom is -0.480 e. The smallest absolute Gasteiger partial charge is 0.407 e. The molecule has 0 saturated carbocycles. The van der Waals surface area contributed by atoms with E-state index in [-0.39, 0.29) is 18.9 Å². The molecule has 1 aliphatic carbocycles. The van der Waals surface area contributed by atoms with Crippen molar-refractivity contribution in [2.75, 3.05) is 6.61 Å². The van der Waals surface area contributed by atoms with Crippen LogP contribution in [-0.2, 0) is 16.0 Å². The summed E-state index contributed by atoms with van der Waals surface area (Å²) >= 11 is 0. The molecular weight excluding hydrogens is 440 g/mol. The van der Waals surface area contributed by atoms with Gasteiger partial charge in [-0.3, -0.25) is 4.98 Å². The summed E-state index contributed by atoms with van der Waals surface area (Å²) in [4.78, 5) is 28.5. The Balaban J connectivity index is 1.23. The quantitative estimate of drug-likeness (QED) is 0.388. The molecule has 6 nitrogen and oxygen atoms in total. The van der Waals surface area contributed by atoms with Gasteiger partial charge in [-0.05, 0) is 45.0 Å². The lowest BCUT2D eigenvalue weighted by atomic mass is 9.98. The van der Waals surface area contributed by atoms with Crippen molar-refractivity contribution in [3.8, 4) is 22.3 Å². The number of rotatable bonds is 7. The average Bonchev–Trinajstić information content (AvgIpc) is 3.21. The number of carbonyl (C=O) groups excluding carboxylic acids is 1. The maximum Gasteiger partial charge on any atom is 0.407 e. The Morgan fingerprint density at radius 1 is 0.857 bits per heavy atom. The number of aromatic nitrogens is 1. The third-order valence-corrected chi connectivity index (χ3v) is 6.32. The van der Waals surface area contributed by atoms with Crippen molar-refractivity contribution >= 4 is 12.1 Å². The Morgan fingerprint density at radius 2 is 1.51 bits per heavy atom. The number of alkyl carbamates (subject to hydrolysis) is 1. The number of fused-ring (bicyclic) bond motifs is 3. The first-order chi connectivity index (χ1) is 17.1. The van der Waals surface area contributed by atoms with Crippen LogP contribution in [0.5, 0.6) is 0 Å². The molecular formula is C29H24N2O4. The first-order valence-corrected chi connectivity index (χ1v) is 11.4. The Kier molecular flexibility index (Phi) is 6.26. The minimum absolute atomic E-state index is 0.0866. The fourth-order valence-corrected chi connectivity index (χ4v) is 4.58. The monoisotopic (exact) mass is 464 g/mol. The highest BCUT2D eigenvalue weighted by atomic mass is 16.5. The highest BCUT2D eigenvalue weighted by Gasteiger charge is 2.29. The summed E-state index contributed by atoms with van der Waals surface area (Å²) in [5.41, 5.74) is 7.23. The molecule has 4 aromatic rings. The van der Waals surface area contributed by atoms with Gasteiger partial charge in [-0.25, -0.2) is 9.59 Å². The van der Waals surface area contributed by atoms with Gasteiger partial charge in [0, 0.05) is 24.7 Å². The van der Waals surface area contributed by atoms with E-state index in [1.165, 1.54) is 0 Å². The van der Waals surface area contributed by atoms with Gasteiger partial charge in [0.05, 0.1) is 0 Å². The van der Waals surface area contributed by atoms with Crippen LogP contribution in [0.2, 0.25) is 0 Å². The Labute approximate surface area is 203 Å². The molecule has 0 fully saturated rings. The normalized spacial score (nSPS) is 12.9. The second-order valence-electron chi connectivity index (χ2n) is 8.50. The number of amides is 1. The van der Waals surface area contributed by atoms with Crippen molar-refractivity contribution < 1.29 is 19.4 Å². The van der Waals surface area contributed by atoms with E-state index in [9.17, 15) is 14.7 Å². The van der Waals surface area contributed by atoms with E-state index in [1.54, 1.807) is 12.4 Å². The predicted octanol–water partition coefficient (Wildman–Crippen LogP) is 5.28. The predicted molar refractivity (Wildman–Crippen MR) is 133 cm³/mol. The highest BCUT2D eigenvalue weighted by molar-refractivity contribution is 5.81.